The van der Waals surface area contributed by atoms with Crippen molar-refractivity contribution in [2.75, 3.05) is 6.61 Å². The Morgan fingerprint density at radius 2 is 1.47 bits per heavy atom. The molecule has 0 aliphatic rings. The third-order valence-electron chi connectivity index (χ3n) is 3.57. The summed E-state index contributed by atoms with van der Waals surface area (Å²) in [5, 5.41) is 0. The smallest absolute Gasteiger partial charge is 0.200 e. The molecule has 0 aromatic rings. The van der Waals surface area contributed by atoms with Crippen LogP contribution in [0, 0.1) is 10.8 Å². The lowest BCUT2D eigenvalue weighted by Gasteiger charge is -2.42. The van der Waals surface area contributed by atoms with Crippen LogP contribution in [0.25, 0.3) is 0 Å². The highest BCUT2D eigenvalue weighted by Gasteiger charge is 2.44. The fourth-order valence-electron chi connectivity index (χ4n) is 2.96. The Morgan fingerprint density at radius 3 is 1.82 bits per heavy atom. The number of rotatable bonds is 7. The lowest BCUT2D eigenvalue weighted by Crippen LogP contribution is -2.47. The molecule has 0 aromatic heterocycles. The molecule has 0 fully saturated rings. The third kappa shape index (κ3) is 4.77. The first-order valence-electron chi connectivity index (χ1n) is 6.62. The van der Waals surface area contributed by atoms with Crippen molar-refractivity contribution in [1.29, 1.82) is 0 Å². The summed E-state index contributed by atoms with van der Waals surface area (Å²) in [6.45, 7) is 14.8. The predicted molar refractivity (Wildman–Crippen MR) is 82.9 cm³/mol. The summed E-state index contributed by atoms with van der Waals surface area (Å²) in [5.74, 6) is 3.02. The Kier molecular flexibility index (Phi) is 8.45. The van der Waals surface area contributed by atoms with Gasteiger partial charge in [-0.1, -0.05) is 47.5 Å². The van der Waals surface area contributed by atoms with E-state index in [-0.39, 0.29) is 0 Å². The van der Waals surface area contributed by atoms with Crippen LogP contribution in [-0.4, -0.2) is 14.9 Å². The fourth-order valence-corrected chi connectivity index (χ4v) is 8.65. The maximum absolute atomic E-state index is 6.42. The molecule has 0 atom stereocenters. The standard InChI is InChI=1S/C14H27BrOSi/c1-12(2)17(13(3)4,14(5)6)16-11-9-7-8-10-15/h12-14H,7,9,11H2,1-6H3. The van der Waals surface area contributed by atoms with Crippen molar-refractivity contribution in [1.82, 2.24) is 0 Å². The minimum Gasteiger partial charge on any atom is -0.416 e. The van der Waals surface area contributed by atoms with E-state index < -0.39 is 8.32 Å². The molecule has 0 heterocycles. The number of unbranched alkanes of at least 4 members (excludes halogenated alkanes) is 1. The van der Waals surface area contributed by atoms with Gasteiger partial charge in [0.1, 0.15) is 0 Å². The number of hydrogen-bond acceptors (Lipinski definition) is 1. The Balaban J connectivity index is 4.52. The van der Waals surface area contributed by atoms with Gasteiger partial charge in [-0.05, 0) is 27.9 Å². The molecule has 0 aliphatic heterocycles. The van der Waals surface area contributed by atoms with E-state index in [1.165, 1.54) is 0 Å². The molecule has 17 heavy (non-hydrogen) atoms. The largest absolute Gasteiger partial charge is 0.416 e. The molecule has 1 nitrogen and oxygen atoms in total. The molecular formula is C14H27BrOSi. The van der Waals surface area contributed by atoms with Crippen molar-refractivity contribution in [3.63, 3.8) is 0 Å². The fraction of sp³-hybridized carbons (Fsp3) is 0.857. The van der Waals surface area contributed by atoms with E-state index in [9.17, 15) is 0 Å². The van der Waals surface area contributed by atoms with Gasteiger partial charge in [-0.25, -0.2) is 0 Å². The second-order valence-corrected chi connectivity index (χ2v) is 11.4. The maximum Gasteiger partial charge on any atom is 0.200 e. The van der Waals surface area contributed by atoms with Crippen LogP contribution in [0.3, 0.4) is 0 Å². The molecule has 0 saturated heterocycles. The monoisotopic (exact) mass is 318 g/mol. The van der Waals surface area contributed by atoms with E-state index in [4.69, 9.17) is 4.43 Å². The summed E-state index contributed by atoms with van der Waals surface area (Å²) in [6, 6.07) is 0. The minimum atomic E-state index is -1.65. The highest BCUT2D eigenvalue weighted by Crippen LogP contribution is 2.42. The van der Waals surface area contributed by atoms with Gasteiger partial charge in [0.15, 0.2) is 8.32 Å². The quantitative estimate of drug-likeness (QED) is 0.351. The normalized spacial score (nSPS) is 12.1. The third-order valence-corrected chi connectivity index (χ3v) is 9.97. The Morgan fingerprint density at radius 1 is 1.00 bits per heavy atom. The number of halogens is 1. The summed E-state index contributed by atoms with van der Waals surface area (Å²) in [6.07, 6.45) is 1.96. The first-order valence-corrected chi connectivity index (χ1v) is 9.55. The van der Waals surface area contributed by atoms with Crippen LogP contribution in [0.15, 0.2) is 0 Å². The van der Waals surface area contributed by atoms with Crippen molar-refractivity contribution in [2.24, 2.45) is 0 Å². The highest BCUT2D eigenvalue weighted by atomic mass is 79.9. The van der Waals surface area contributed by atoms with E-state index in [0.29, 0.717) is 16.6 Å². The van der Waals surface area contributed by atoms with Crippen LogP contribution in [0.2, 0.25) is 16.6 Å². The molecule has 0 rings (SSSR count). The van der Waals surface area contributed by atoms with E-state index in [1.54, 1.807) is 0 Å². The van der Waals surface area contributed by atoms with Gasteiger partial charge in [0.2, 0.25) is 0 Å². The molecule has 0 bridgehead atoms. The van der Waals surface area contributed by atoms with E-state index in [1.807, 2.05) is 0 Å². The van der Waals surface area contributed by atoms with Gasteiger partial charge in [0, 0.05) is 29.0 Å². The molecular weight excluding hydrogens is 292 g/mol. The second-order valence-electron chi connectivity index (χ2n) is 5.54. The summed E-state index contributed by atoms with van der Waals surface area (Å²) < 4.78 is 6.42. The summed E-state index contributed by atoms with van der Waals surface area (Å²) in [4.78, 5) is 2.75. The van der Waals surface area contributed by atoms with Crippen LogP contribution in [0.5, 0.6) is 0 Å². The number of hydrogen-bond donors (Lipinski definition) is 0. The minimum absolute atomic E-state index is 0.671. The van der Waals surface area contributed by atoms with E-state index in [0.717, 1.165) is 19.4 Å². The van der Waals surface area contributed by atoms with E-state index >= 15 is 0 Å². The lowest BCUT2D eigenvalue weighted by molar-refractivity contribution is 0.274. The van der Waals surface area contributed by atoms with Gasteiger partial charge < -0.3 is 4.43 Å². The highest BCUT2D eigenvalue weighted by molar-refractivity contribution is 9.12. The van der Waals surface area contributed by atoms with Gasteiger partial charge in [-0.3, -0.25) is 0 Å². The molecule has 0 saturated carbocycles. The van der Waals surface area contributed by atoms with Crippen molar-refractivity contribution in [3.8, 4) is 10.8 Å². The predicted octanol–water partition coefficient (Wildman–Crippen LogP) is 5.31. The van der Waals surface area contributed by atoms with Crippen molar-refractivity contribution in [2.45, 2.75) is 71.0 Å². The molecule has 100 valence electrons. The zero-order valence-electron chi connectivity index (χ0n) is 12.1. The second kappa shape index (κ2) is 8.34. The molecule has 0 N–H and O–H groups in total. The molecule has 3 heteroatoms. The lowest BCUT2D eigenvalue weighted by atomic mass is 10.3. The summed E-state index contributed by atoms with van der Waals surface area (Å²) in [5.41, 5.74) is 2.01. The van der Waals surface area contributed by atoms with Crippen LogP contribution < -0.4 is 0 Å². The molecule has 0 amide bonds. The first kappa shape index (κ1) is 17.2. The average Bonchev–Trinajstić information content (AvgIpc) is 2.21. The van der Waals surface area contributed by atoms with Crippen molar-refractivity contribution in [3.05, 3.63) is 0 Å². The average molecular weight is 319 g/mol. The molecule has 0 spiro atoms. The molecule has 0 unspecified atom stereocenters. The van der Waals surface area contributed by atoms with Crippen LogP contribution >= 0.6 is 15.9 Å². The zero-order valence-corrected chi connectivity index (χ0v) is 14.7. The Bertz CT molecular complexity index is 241. The van der Waals surface area contributed by atoms with E-state index in [2.05, 4.69) is 68.2 Å². The van der Waals surface area contributed by atoms with Crippen LogP contribution in [0.1, 0.15) is 54.4 Å². The van der Waals surface area contributed by atoms with Crippen LogP contribution in [-0.2, 0) is 4.43 Å². The van der Waals surface area contributed by atoms with Gasteiger partial charge >= 0.3 is 0 Å². The zero-order chi connectivity index (χ0) is 13.5. The summed E-state index contributed by atoms with van der Waals surface area (Å²) in [7, 11) is -1.65. The molecule has 0 aromatic carbocycles. The molecule has 0 radical (unpaired) electrons. The van der Waals surface area contributed by atoms with Crippen molar-refractivity contribution < 1.29 is 4.43 Å². The van der Waals surface area contributed by atoms with Crippen molar-refractivity contribution >= 4 is 24.2 Å². The SMILES string of the molecule is CC(C)[Si](OCCCC#CBr)(C(C)C)C(C)C. The maximum atomic E-state index is 6.42. The topological polar surface area (TPSA) is 9.23 Å². The molecule has 0 aliphatic carbocycles. The van der Waals surface area contributed by atoms with Gasteiger partial charge in [-0.15, -0.1) is 0 Å². The van der Waals surface area contributed by atoms with Gasteiger partial charge in [0.05, 0.1) is 0 Å². The summed E-state index contributed by atoms with van der Waals surface area (Å²) >= 11 is 3.12. The first-order chi connectivity index (χ1) is 7.89. The van der Waals surface area contributed by atoms with Crippen LogP contribution in [0.4, 0.5) is 0 Å². The van der Waals surface area contributed by atoms with Gasteiger partial charge in [-0.2, -0.15) is 0 Å². The van der Waals surface area contributed by atoms with Gasteiger partial charge in [0.25, 0.3) is 0 Å². The Hall–Kier alpha value is 0.217. The Labute approximate surface area is 117 Å².